The molecule has 0 bridgehead atoms. The summed E-state index contributed by atoms with van der Waals surface area (Å²) in [6, 6.07) is 9.23. The number of benzene rings is 1. The maximum absolute atomic E-state index is 5.80. The Morgan fingerprint density at radius 2 is 1.90 bits per heavy atom. The molecule has 3 nitrogen and oxygen atoms in total. The van der Waals surface area contributed by atoms with E-state index in [9.17, 15) is 0 Å². The van der Waals surface area contributed by atoms with Gasteiger partial charge in [0.15, 0.2) is 5.76 Å². The number of oxazole rings is 1. The molecule has 106 valence electrons. The topological polar surface area (TPSA) is 38.1 Å². The largest absolute Gasteiger partial charge is 0.439 e. The lowest BCUT2D eigenvalue weighted by Crippen LogP contribution is -2.15. The molecule has 3 heteroatoms. The summed E-state index contributed by atoms with van der Waals surface area (Å²) in [4.78, 5) is 4.33. The van der Waals surface area contributed by atoms with Crippen molar-refractivity contribution in [3.05, 3.63) is 41.9 Å². The summed E-state index contributed by atoms with van der Waals surface area (Å²) in [6.07, 6.45) is 4.37. The molecule has 0 amide bonds. The average Bonchev–Trinajstić information content (AvgIpc) is 3.13. The second-order valence-electron chi connectivity index (χ2n) is 6.60. The second kappa shape index (κ2) is 5.06. The van der Waals surface area contributed by atoms with E-state index in [1.165, 1.54) is 18.4 Å². The van der Waals surface area contributed by atoms with Gasteiger partial charge in [-0.05, 0) is 23.8 Å². The van der Waals surface area contributed by atoms with Crippen molar-refractivity contribution < 1.29 is 4.42 Å². The molecule has 0 aliphatic heterocycles. The zero-order valence-electron chi connectivity index (χ0n) is 12.4. The van der Waals surface area contributed by atoms with Crippen LogP contribution in [-0.4, -0.2) is 11.0 Å². The van der Waals surface area contributed by atoms with Gasteiger partial charge in [0, 0.05) is 11.6 Å². The first kappa shape index (κ1) is 13.4. The molecule has 1 saturated carbocycles. The zero-order chi connectivity index (χ0) is 14.2. The Morgan fingerprint density at radius 3 is 2.50 bits per heavy atom. The SMILES string of the molecule is CC(C)(C)c1ccc(-c2cnc(CNC3CC3)o2)cc1. The number of rotatable bonds is 4. The fraction of sp³-hybridized carbons (Fsp3) is 0.471. The van der Waals surface area contributed by atoms with E-state index in [1.807, 2.05) is 6.20 Å². The Hall–Kier alpha value is -1.61. The summed E-state index contributed by atoms with van der Waals surface area (Å²) in [7, 11) is 0. The lowest BCUT2D eigenvalue weighted by atomic mass is 9.86. The first-order chi connectivity index (χ1) is 9.52. The van der Waals surface area contributed by atoms with Crippen LogP contribution in [0.25, 0.3) is 11.3 Å². The van der Waals surface area contributed by atoms with Crippen LogP contribution in [-0.2, 0) is 12.0 Å². The van der Waals surface area contributed by atoms with Gasteiger partial charge < -0.3 is 9.73 Å². The molecular formula is C17H22N2O. The molecule has 1 N–H and O–H groups in total. The summed E-state index contributed by atoms with van der Waals surface area (Å²) in [5.41, 5.74) is 2.60. The van der Waals surface area contributed by atoms with Gasteiger partial charge in [0.25, 0.3) is 0 Å². The monoisotopic (exact) mass is 270 g/mol. The molecule has 1 fully saturated rings. The van der Waals surface area contributed by atoms with Crippen molar-refractivity contribution in [3.8, 4) is 11.3 Å². The van der Waals surface area contributed by atoms with Crippen molar-refractivity contribution in [1.82, 2.24) is 10.3 Å². The average molecular weight is 270 g/mol. The molecule has 0 saturated heterocycles. The maximum Gasteiger partial charge on any atom is 0.208 e. The molecule has 0 radical (unpaired) electrons. The highest BCUT2D eigenvalue weighted by atomic mass is 16.4. The normalized spacial score (nSPS) is 15.6. The molecule has 1 aromatic heterocycles. The third-order valence-corrected chi connectivity index (χ3v) is 3.71. The van der Waals surface area contributed by atoms with Crippen LogP contribution in [0.3, 0.4) is 0 Å². The molecule has 1 heterocycles. The molecule has 0 atom stereocenters. The minimum absolute atomic E-state index is 0.180. The third kappa shape index (κ3) is 3.10. The number of hydrogen-bond donors (Lipinski definition) is 1. The summed E-state index contributed by atoms with van der Waals surface area (Å²) in [5, 5.41) is 3.41. The van der Waals surface area contributed by atoms with Gasteiger partial charge in [0.05, 0.1) is 12.7 Å². The fourth-order valence-corrected chi connectivity index (χ4v) is 2.18. The van der Waals surface area contributed by atoms with Crippen molar-refractivity contribution in [3.63, 3.8) is 0 Å². The molecule has 0 unspecified atom stereocenters. The van der Waals surface area contributed by atoms with Crippen LogP contribution in [0.1, 0.15) is 45.1 Å². The van der Waals surface area contributed by atoms with Crippen LogP contribution in [0.5, 0.6) is 0 Å². The summed E-state index contributed by atoms with van der Waals surface area (Å²) >= 11 is 0. The van der Waals surface area contributed by atoms with Gasteiger partial charge >= 0.3 is 0 Å². The number of aromatic nitrogens is 1. The Morgan fingerprint density at radius 1 is 1.20 bits per heavy atom. The molecule has 1 aromatic carbocycles. The molecule has 1 aliphatic rings. The minimum Gasteiger partial charge on any atom is -0.439 e. The van der Waals surface area contributed by atoms with Gasteiger partial charge in [-0.1, -0.05) is 45.0 Å². The first-order valence-electron chi connectivity index (χ1n) is 7.31. The van der Waals surface area contributed by atoms with Gasteiger partial charge in [-0.15, -0.1) is 0 Å². The third-order valence-electron chi connectivity index (χ3n) is 3.71. The predicted molar refractivity (Wildman–Crippen MR) is 80.5 cm³/mol. The van der Waals surface area contributed by atoms with Crippen molar-refractivity contribution in [2.24, 2.45) is 0 Å². The summed E-state index contributed by atoms with van der Waals surface area (Å²) < 4.78 is 5.80. The van der Waals surface area contributed by atoms with Crippen LogP contribution >= 0.6 is 0 Å². The zero-order valence-corrected chi connectivity index (χ0v) is 12.4. The minimum atomic E-state index is 0.180. The maximum atomic E-state index is 5.80. The standard InChI is InChI=1S/C17H22N2O/c1-17(2,3)13-6-4-12(5-7-13)15-10-19-16(20-15)11-18-14-8-9-14/h4-7,10,14,18H,8-9,11H2,1-3H3. The molecule has 1 aliphatic carbocycles. The quantitative estimate of drug-likeness (QED) is 0.916. The van der Waals surface area contributed by atoms with E-state index in [0.717, 1.165) is 23.8 Å². The number of nitrogens with zero attached hydrogens (tertiary/aromatic N) is 1. The van der Waals surface area contributed by atoms with Gasteiger partial charge in [-0.25, -0.2) is 4.98 Å². The Labute approximate surface area is 120 Å². The van der Waals surface area contributed by atoms with Crippen LogP contribution in [0.2, 0.25) is 0 Å². The van der Waals surface area contributed by atoms with Gasteiger partial charge in [0.2, 0.25) is 5.89 Å². The van der Waals surface area contributed by atoms with Gasteiger partial charge in [-0.2, -0.15) is 0 Å². The van der Waals surface area contributed by atoms with Gasteiger partial charge in [0.1, 0.15) is 0 Å². The Kier molecular flexibility index (Phi) is 3.38. The first-order valence-corrected chi connectivity index (χ1v) is 7.31. The van der Waals surface area contributed by atoms with Crippen molar-refractivity contribution in [2.75, 3.05) is 0 Å². The van der Waals surface area contributed by atoms with E-state index < -0.39 is 0 Å². The lowest BCUT2D eigenvalue weighted by Gasteiger charge is -2.18. The number of hydrogen-bond acceptors (Lipinski definition) is 3. The smallest absolute Gasteiger partial charge is 0.208 e. The highest BCUT2D eigenvalue weighted by molar-refractivity contribution is 5.57. The second-order valence-corrected chi connectivity index (χ2v) is 6.60. The molecule has 20 heavy (non-hydrogen) atoms. The predicted octanol–water partition coefficient (Wildman–Crippen LogP) is 3.89. The molecule has 3 rings (SSSR count). The van der Waals surface area contributed by atoms with Crippen molar-refractivity contribution >= 4 is 0 Å². The van der Waals surface area contributed by atoms with E-state index in [2.05, 4.69) is 55.3 Å². The highest BCUT2D eigenvalue weighted by Gasteiger charge is 2.21. The number of nitrogens with one attached hydrogen (secondary N) is 1. The van der Waals surface area contributed by atoms with Crippen LogP contribution in [0, 0.1) is 0 Å². The van der Waals surface area contributed by atoms with E-state index in [-0.39, 0.29) is 5.41 Å². The highest BCUT2D eigenvalue weighted by Crippen LogP contribution is 2.26. The molecular weight excluding hydrogens is 248 g/mol. The summed E-state index contributed by atoms with van der Waals surface area (Å²) in [6.45, 7) is 7.39. The van der Waals surface area contributed by atoms with Crippen LogP contribution in [0.4, 0.5) is 0 Å². The van der Waals surface area contributed by atoms with E-state index in [0.29, 0.717) is 6.04 Å². The van der Waals surface area contributed by atoms with Gasteiger partial charge in [-0.3, -0.25) is 0 Å². The van der Waals surface area contributed by atoms with Crippen molar-refractivity contribution in [1.29, 1.82) is 0 Å². The molecule has 2 aromatic rings. The lowest BCUT2D eigenvalue weighted by molar-refractivity contribution is 0.476. The van der Waals surface area contributed by atoms with Crippen molar-refractivity contribution in [2.45, 2.75) is 51.6 Å². The van der Waals surface area contributed by atoms with E-state index >= 15 is 0 Å². The van der Waals surface area contributed by atoms with E-state index in [4.69, 9.17) is 4.42 Å². The molecule has 0 spiro atoms. The Balaban J connectivity index is 1.71. The van der Waals surface area contributed by atoms with E-state index in [1.54, 1.807) is 0 Å². The van der Waals surface area contributed by atoms with Crippen LogP contribution in [0.15, 0.2) is 34.9 Å². The Bertz CT molecular complexity index is 574. The fourth-order valence-electron chi connectivity index (χ4n) is 2.18. The van der Waals surface area contributed by atoms with Crippen LogP contribution < -0.4 is 5.32 Å². The summed E-state index contributed by atoms with van der Waals surface area (Å²) in [5.74, 6) is 1.62.